The standard InChI is InChI=1S/C14H18O/c1-3-4-10-14(12(2)11-15)13-8-6-5-7-9-13/h5-9,11H,3-4,10H2,1-2H3. The molecule has 0 aliphatic carbocycles. The van der Waals surface area contributed by atoms with Crippen molar-refractivity contribution in [2.24, 2.45) is 0 Å². The lowest BCUT2D eigenvalue weighted by Gasteiger charge is -2.08. The zero-order valence-corrected chi connectivity index (χ0v) is 9.49. The smallest absolute Gasteiger partial charge is 0.146 e. The van der Waals surface area contributed by atoms with Gasteiger partial charge in [-0.3, -0.25) is 4.79 Å². The number of unbranched alkanes of at least 4 members (excludes halogenated alkanes) is 1. The van der Waals surface area contributed by atoms with E-state index >= 15 is 0 Å². The molecule has 0 bridgehead atoms. The third kappa shape index (κ3) is 3.35. The highest BCUT2D eigenvalue weighted by Gasteiger charge is 2.04. The molecule has 0 saturated heterocycles. The van der Waals surface area contributed by atoms with Crippen LogP contribution in [0.5, 0.6) is 0 Å². The van der Waals surface area contributed by atoms with Crippen LogP contribution in [-0.4, -0.2) is 6.29 Å². The Kier molecular flexibility index (Phi) is 4.82. The van der Waals surface area contributed by atoms with Crippen LogP contribution in [0.3, 0.4) is 0 Å². The molecule has 80 valence electrons. The van der Waals surface area contributed by atoms with Crippen molar-refractivity contribution in [1.82, 2.24) is 0 Å². The molecule has 1 aromatic rings. The number of carbonyl (C=O) groups excluding carboxylic acids is 1. The molecule has 15 heavy (non-hydrogen) atoms. The van der Waals surface area contributed by atoms with Gasteiger partial charge in [0.25, 0.3) is 0 Å². The summed E-state index contributed by atoms with van der Waals surface area (Å²) in [5, 5.41) is 0. The van der Waals surface area contributed by atoms with Crippen LogP contribution in [0.2, 0.25) is 0 Å². The second-order valence-electron chi connectivity index (χ2n) is 3.75. The Bertz CT molecular complexity index is 336. The third-order valence-electron chi connectivity index (χ3n) is 2.56. The summed E-state index contributed by atoms with van der Waals surface area (Å²) in [6.07, 6.45) is 4.24. The van der Waals surface area contributed by atoms with Crippen LogP contribution in [-0.2, 0) is 4.79 Å². The molecule has 0 aromatic heterocycles. The Morgan fingerprint density at radius 1 is 1.27 bits per heavy atom. The van der Waals surface area contributed by atoms with Gasteiger partial charge in [-0.15, -0.1) is 0 Å². The number of rotatable bonds is 5. The largest absolute Gasteiger partial charge is 0.298 e. The molecule has 0 amide bonds. The highest BCUT2D eigenvalue weighted by Crippen LogP contribution is 2.23. The van der Waals surface area contributed by atoms with Gasteiger partial charge in [0, 0.05) is 0 Å². The fourth-order valence-corrected chi connectivity index (χ4v) is 1.63. The molecule has 0 radical (unpaired) electrons. The van der Waals surface area contributed by atoms with Gasteiger partial charge in [-0.25, -0.2) is 0 Å². The van der Waals surface area contributed by atoms with Crippen LogP contribution in [0, 0.1) is 0 Å². The number of carbonyl (C=O) groups is 1. The summed E-state index contributed by atoms with van der Waals surface area (Å²) in [5.74, 6) is 0. The third-order valence-corrected chi connectivity index (χ3v) is 2.56. The summed E-state index contributed by atoms with van der Waals surface area (Å²) >= 11 is 0. The minimum absolute atomic E-state index is 0.856. The molecule has 1 nitrogen and oxygen atoms in total. The Labute approximate surface area is 91.8 Å². The average molecular weight is 202 g/mol. The Morgan fingerprint density at radius 3 is 2.47 bits per heavy atom. The van der Waals surface area contributed by atoms with E-state index in [1.165, 1.54) is 11.1 Å². The minimum atomic E-state index is 0.856. The number of aldehydes is 1. The number of allylic oxidation sites excluding steroid dienone is 2. The van der Waals surface area contributed by atoms with Gasteiger partial charge in [0.05, 0.1) is 0 Å². The fourth-order valence-electron chi connectivity index (χ4n) is 1.63. The summed E-state index contributed by atoms with van der Waals surface area (Å²) in [6.45, 7) is 4.06. The first kappa shape index (κ1) is 11.7. The molecule has 0 fully saturated rings. The summed E-state index contributed by atoms with van der Waals surface area (Å²) in [4.78, 5) is 10.8. The Morgan fingerprint density at radius 2 is 1.93 bits per heavy atom. The van der Waals surface area contributed by atoms with Gasteiger partial charge in [0.15, 0.2) is 0 Å². The van der Waals surface area contributed by atoms with E-state index in [1.54, 1.807) is 0 Å². The van der Waals surface area contributed by atoms with Crippen LogP contribution in [0.15, 0.2) is 35.9 Å². The van der Waals surface area contributed by atoms with Crippen molar-refractivity contribution in [1.29, 1.82) is 0 Å². The van der Waals surface area contributed by atoms with Crippen LogP contribution in [0.4, 0.5) is 0 Å². The van der Waals surface area contributed by atoms with Gasteiger partial charge < -0.3 is 0 Å². The molecule has 0 saturated carbocycles. The van der Waals surface area contributed by atoms with Gasteiger partial charge in [0.2, 0.25) is 0 Å². The molecule has 1 heteroatoms. The van der Waals surface area contributed by atoms with E-state index < -0.39 is 0 Å². The van der Waals surface area contributed by atoms with E-state index in [1.807, 2.05) is 25.1 Å². The van der Waals surface area contributed by atoms with Gasteiger partial charge in [0.1, 0.15) is 6.29 Å². The molecule has 0 aliphatic rings. The highest BCUT2D eigenvalue weighted by molar-refractivity contribution is 5.87. The molecule has 0 aliphatic heterocycles. The monoisotopic (exact) mass is 202 g/mol. The maximum Gasteiger partial charge on any atom is 0.146 e. The molecule has 0 atom stereocenters. The van der Waals surface area contributed by atoms with Crippen molar-refractivity contribution in [3.63, 3.8) is 0 Å². The maximum absolute atomic E-state index is 10.8. The predicted molar refractivity (Wildman–Crippen MR) is 64.6 cm³/mol. The fraction of sp³-hybridized carbons (Fsp3) is 0.357. The van der Waals surface area contributed by atoms with E-state index in [9.17, 15) is 4.79 Å². The molecule has 1 aromatic carbocycles. The second kappa shape index (κ2) is 6.18. The lowest BCUT2D eigenvalue weighted by Crippen LogP contribution is -1.91. The van der Waals surface area contributed by atoms with Crippen LogP contribution in [0.1, 0.15) is 38.7 Å². The minimum Gasteiger partial charge on any atom is -0.298 e. The first-order chi connectivity index (χ1) is 7.29. The quantitative estimate of drug-likeness (QED) is 0.523. The van der Waals surface area contributed by atoms with Crippen molar-refractivity contribution in [2.45, 2.75) is 33.1 Å². The van der Waals surface area contributed by atoms with Crippen molar-refractivity contribution in [3.8, 4) is 0 Å². The maximum atomic E-state index is 10.8. The van der Waals surface area contributed by atoms with E-state index in [-0.39, 0.29) is 0 Å². The van der Waals surface area contributed by atoms with Crippen LogP contribution >= 0.6 is 0 Å². The number of hydrogen-bond acceptors (Lipinski definition) is 1. The number of benzene rings is 1. The number of hydrogen-bond donors (Lipinski definition) is 0. The molecule has 0 unspecified atom stereocenters. The van der Waals surface area contributed by atoms with Gasteiger partial charge in [-0.1, -0.05) is 43.7 Å². The summed E-state index contributed by atoms with van der Waals surface area (Å²) < 4.78 is 0. The summed E-state index contributed by atoms with van der Waals surface area (Å²) in [5.41, 5.74) is 3.22. The van der Waals surface area contributed by atoms with Crippen LogP contribution in [0.25, 0.3) is 5.57 Å². The van der Waals surface area contributed by atoms with E-state index in [2.05, 4.69) is 19.1 Å². The first-order valence-electron chi connectivity index (χ1n) is 5.50. The van der Waals surface area contributed by atoms with Crippen molar-refractivity contribution >= 4 is 11.9 Å². The Balaban J connectivity index is 2.97. The predicted octanol–water partition coefficient (Wildman–Crippen LogP) is 3.85. The van der Waals surface area contributed by atoms with E-state index in [0.717, 1.165) is 31.1 Å². The topological polar surface area (TPSA) is 17.1 Å². The summed E-state index contributed by atoms with van der Waals surface area (Å²) in [7, 11) is 0. The lowest BCUT2D eigenvalue weighted by molar-refractivity contribution is -0.104. The zero-order chi connectivity index (χ0) is 11.1. The van der Waals surface area contributed by atoms with E-state index in [4.69, 9.17) is 0 Å². The molecule has 0 heterocycles. The molecule has 0 N–H and O–H groups in total. The molecular formula is C14H18O. The van der Waals surface area contributed by atoms with Crippen molar-refractivity contribution in [3.05, 3.63) is 41.5 Å². The molecular weight excluding hydrogens is 184 g/mol. The average Bonchev–Trinajstić information content (AvgIpc) is 2.30. The molecule has 0 spiro atoms. The van der Waals surface area contributed by atoms with Crippen LogP contribution < -0.4 is 0 Å². The molecule has 1 rings (SSSR count). The zero-order valence-electron chi connectivity index (χ0n) is 9.49. The van der Waals surface area contributed by atoms with Crippen molar-refractivity contribution < 1.29 is 4.79 Å². The normalized spacial score (nSPS) is 12.1. The Hall–Kier alpha value is -1.37. The van der Waals surface area contributed by atoms with E-state index in [0.29, 0.717) is 0 Å². The van der Waals surface area contributed by atoms with Gasteiger partial charge in [-0.05, 0) is 36.5 Å². The van der Waals surface area contributed by atoms with Crippen molar-refractivity contribution in [2.75, 3.05) is 0 Å². The van der Waals surface area contributed by atoms with Gasteiger partial charge >= 0.3 is 0 Å². The lowest BCUT2D eigenvalue weighted by atomic mass is 9.96. The summed E-state index contributed by atoms with van der Waals surface area (Å²) in [6, 6.07) is 10.2. The SMILES string of the molecule is CCCCC(=C(C)C=O)c1ccccc1. The second-order valence-corrected chi connectivity index (χ2v) is 3.75. The first-order valence-corrected chi connectivity index (χ1v) is 5.50. The van der Waals surface area contributed by atoms with Gasteiger partial charge in [-0.2, -0.15) is 0 Å². The highest BCUT2D eigenvalue weighted by atomic mass is 16.1.